The Bertz CT molecular complexity index is 505. The molecule has 1 aliphatic heterocycles. The molecule has 5 nitrogen and oxygen atoms in total. The topological polar surface area (TPSA) is 57.7 Å². The molecule has 0 unspecified atom stereocenters. The predicted molar refractivity (Wildman–Crippen MR) is 66.1 cm³/mol. The van der Waals surface area contributed by atoms with Gasteiger partial charge in [0.25, 0.3) is 0 Å². The van der Waals surface area contributed by atoms with Crippen LogP contribution in [0.3, 0.4) is 0 Å². The SMILES string of the molecule is Clc1ccc(-c2nn[nH]n2)c(N2CCCC2)c1. The van der Waals surface area contributed by atoms with Crippen LogP contribution in [0.15, 0.2) is 18.2 Å². The largest absolute Gasteiger partial charge is 0.371 e. The number of tetrazole rings is 1. The molecule has 2 heterocycles. The summed E-state index contributed by atoms with van der Waals surface area (Å²) in [5, 5.41) is 14.9. The van der Waals surface area contributed by atoms with Gasteiger partial charge in [-0.05, 0) is 36.3 Å². The number of rotatable bonds is 2. The van der Waals surface area contributed by atoms with Gasteiger partial charge in [-0.25, -0.2) is 0 Å². The molecule has 1 N–H and O–H groups in total. The molecule has 2 aromatic rings. The highest BCUT2D eigenvalue weighted by Crippen LogP contribution is 2.32. The lowest BCUT2D eigenvalue weighted by atomic mass is 10.1. The van der Waals surface area contributed by atoms with E-state index in [4.69, 9.17) is 11.6 Å². The summed E-state index contributed by atoms with van der Waals surface area (Å²) in [4.78, 5) is 2.32. The molecule has 6 heteroatoms. The van der Waals surface area contributed by atoms with Crippen LogP contribution in [-0.4, -0.2) is 33.7 Å². The average Bonchev–Trinajstić information content (AvgIpc) is 3.02. The van der Waals surface area contributed by atoms with Gasteiger partial charge < -0.3 is 4.90 Å². The van der Waals surface area contributed by atoms with E-state index in [1.807, 2.05) is 18.2 Å². The van der Waals surface area contributed by atoms with Crippen molar-refractivity contribution in [1.29, 1.82) is 0 Å². The Labute approximate surface area is 104 Å². The summed E-state index contributed by atoms with van der Waals surface area (Å²) < 4.78 is 0. The van der Waals surface area contributed by atoms with Gasteiger partial charge in [0.2, 0.25) is 5.82 Å². The normalized spacial score (nSPS) is 15.5. The van der Waals surface area contributed by atoms with Crippen molar-refractivity contribution in [2.75, 3.05) is 18.0 Å². The van der Waals surface area contributed by atoms with E-state index in [2.05, 4.69) is 25.5 Å². The second-order valence-corrected chi connectivity index (χ2v) is 4.53. The zero-order valence-electron chi connectivity index (χ0n) is 9.23. The van der Waals surface area contributed by atoms with Gasteiger partial charge in [0.1, 0.15) is 0 Å². The van der Waals surface area contributed by atoms with Gasteiger partial charge in [-0.3, -0.25) is 0 Å². The predicted octanol–water partition coefficient (Wildman–Crippen LogP) is 2.12. The molecule has 0 bridgehead atoms. The molecule has 0 radical (unpaired) electrons. The van der Waals surface area contributed by atoms with Gasteiger partial charge in [0.05, 0.1) is 0 Å². The van der Waals surface area contributed by atoms with Crippen LogP contribution in [0.4, 0.5) is 5.69 Å². The van der Waals surface area contributed by atoms with Gasteiger partial charge in [-0.1, -0.05) is 11.6 Å². The number of anilines is 1. The Morgan fingerprint density at radius 3 is 2.76 bits per heavy atom. The summed E-state index contributed by atoms with van der Waals surface area (Å²) >= 11 is 6.07. The smallest absolute Gasteiger partial charge is 0.206 e. The maximum atomic E-state index is 6.07. The van der Waals surface area contributed by atoms with Gasteiger partial charge in [-0.15, -0.1) is 10.2 Å². The van der Waals surface area contributed by atoms with Crippen molar-refractivity contribution in [3.63, 3.8) is 0 Å². The quantitative estimate of drug-likeness (QED) is 0.886. The van der Waals surface area contributed by atoms with Gasteiger partial charge >= 0.3 is 0 Å². The van der Waals surface area contributed by atoms with Crippen LogP contribution in [0, 0.1) is 0 Å². The zero-order valence-corrected chi connectivity index (χ0v) is 9.98. The van der Waals surface area contributed by atoms with Crippen LogP contribution in [-0.2, 0) is 0 Å². The molecule has 0 saturated carbocycles. The number of H-pyrrole nitrogens is 1. The van der Waals surface area contributed by atoms with Gasteiger partial charge in [-0.2, -0.15) is 5.21 Å². The fourth-order valence-corrected chi connectivity index (χ4v) is 2.36. The molecule has 88 valence electrons. The second-order valence-electron chi connectivity index (χ2n) is 4.09. The monoisotopic (exact) mass is 249 g/mol. The fraction of sp³-hybridized carbons (Fsp3) is 0.364. The molecular weight excluding hydrogens is 238 g/mol. The molecule has 0 amide bonds. The summed E-state index contributed by atoms with van der Waals surface area (Å²) in [7, 11) is 0. The molecule has 0 aliphatic carbocycles. The molecule has 1 saturated heterocycles. The lowest BCUT2D eigenvalue weighted by Crippen LogP contribution is -2.18. The summed E-state index contributed by atoms with van der Waals surface area (Å²) in [6, 6.07) is 5.77. The van der Waals surface area contributed by atoms with Crippen LogP contribution in [0.2, 0.25) is 5.02 Å². The molecule has 0 spiro atoms. The van der Waals surface area contributed by atoms with Crippen molar-refractivity contribution in [2.24, 2.45) is 0 Å². The lowest BCUT2D eigenvalue weighted by molar-refractivity contribution is 0.881. The van der Waals surface area contributed by atoms with Crippen molar-refractivity contribution in [3.8, 4) is 11.4 Å². The first-order valence-electron chi connectivity index (χ1n) is 5.63. The molecule has 3 rings (SSSR count). The Hall–Kier alpha value is -1.62. The lowest BCUT2D eigenvalue weighted by Gasteiger charge is -2.20. The molecule has 17 heavy (non-hydrogen) atoms. The maximum Gasteiger partial charge on any atom is 0.206 e. The first kappa shape index (κ1) is 10.5. The third-order valence-corrected chi connectivity index (χ3v) is 3.23. The first-order valence-corrected chi connectivity index (χ1v) is 6.01. The minimum Gasteiger partial charge on any atom is -0.371 e. The molecule has 1 aromatic carbocycles. The van der Waals surface area contributed by atoms with Crippen LogP contribution in [0.5, 0.6) is 0 Å². The van der Waals surface area contributed by atoms with Gasteiger partial charge in [0.15, 0.2) is 0 Å². The van der Waals surface area contributed by atoms with Crippen LogP contribution < -0.4 is 4.90 Å². The number of hydrogen-bond acceptors (Lipinski definition) is 4. The van der Waals surface area contributed by atoms with Crippen LogP contribution in [0.1, 0.15) is 12.8 Å². The number of hydrogen-bond donors (Lipinski definition) is 1. The van der Waals surface area contributed by atoms with E-state index in [-0.39, 0.29) is 0 Å². The van der Waals surface area contributed by atoms with Crippen LogP contribution in [0.25, 0.3) is 11.4 Å². The number of nitrogens with one attached hydrogen (secondary N) is 1. The van der Waals surface area contributed by atoms with E-state index < -0.39 is 0 Å². The van der Waals surface area contributed by atoms with E-state index in [9.17, 15) is 0 Å². The Morgan fingerprint density at radius 2 is 2.06 bits per heavy atom. The van der Waals surface area contributed by atoms with E-state index in [0.29, 0.717) is 5.82 Å². The summed E-state index contributed by atoms with van der Waals surface area (Å²) in [6.45, 7) is 2.12. The second kappa shape index (κ2) is 4.33. The number of benzene rings is 1. The Morgan fingerprint density at radius 1 is 1.24 bits per heavy atom. The average molecular weight is 250 g/mol. The summed E-state index contributed by atoms with van der Waals surface area (Å²) in [5.41, 5.74) is 2.07. The summed E-state index contributed by atoms with van der Waals surface area (Å²) in [6.07, 6.45) is 2.44. The molecule has 1 fully saturated rings. The van der Waals surface area contributed by atoms with Crippen molar-refractivity contribution >= 4 is 17.3 Å². The summed E-state index contributed by atoms with van der Waals surface area (Å²) in [5.74, 6) is 0.614. The van der Waals surface area contributed by atoms with E-state index in [0.717, 1.165) is 29.4 Å². The first-order chi connectivity index (χ1) is 8.34. The standard InChI is InChI=1S/C11H12ClN5/c12-8-3-4-9(11-13-15-16-14-11)10(7-8)17-5-1-2-6-17/h3-4,7H,1-2,5-6H2,(H,13,14,15,16). The number of halogens is 1. The van der Waals surface area contributed by atoms with E-state index in [1.54, 1.807) is 0 Å². The van der Waals surface area contributed by atoms with Gasteiger partial charge in [0, 0.05) is 29.4 Å². The highest BCUT2D eigenvalue weighted by molar-refractivity contribution is 6.31. The molecule has 1 aromatic heterocycles. The third-order valence-electron chi connectivity index (χ3n) is 2.99. The Balaban J connectivity index is 2.07. The third kappa shape index (κ3) is 1.98. The van der Waals surface area contributed by atoms with Crippen molar-refractivity contribution in [2.45, 2.75) is 12.8 Å². The number of nitrogens with zero attached hydrogens (tertiary/aromatic N) is 4. The van der Waals surface area contributed by atoms with Crippen molar-refractivity contribution < 1.29 is 0 Å². The van der Waals surface area contributed by atoms with E-state index >= 15 is 0 Å². The highest BCUT2D eigenvalue weighted by Gasteiger charge is 2.18. The van der Waals surface area contributed by atoms with Crippen LogP contribution >= 0.6 is 11.6 Å². The number of aromatic amines is 1. The zero-order chi connectivity index (χ0) is 11.7. The van der Waals surface area contributed by atoms with Crippen molar-refractivity contribution in [1.82, 2.24) is 20.6 Å². The molecule has 1 aliphatic rings. The Kier molecular flexibility index (Phi) is 2.68. The highest BCUT2D eigenvalue weighted by atomic mass is 35.5. The minimum absolute atomic E-state index is 0.614. The van der Waals surface area contributed by atoms with E-state index in [1.165, 1.54) is 12.8 Å². The van der Waals surface area contributed by atoms with Crippen molar-refractivity contribution in [3.05, 3.63) is 23.2 Å². The fourth-order valence-electron chi connectivity index (χ4n) is 2.19. The molecule has 0 atom stereocenters. The maximum absolute atomic E-state index is 6.07. The molecular formula is C11H12ClN5. The number of aromatic nitrogens is 4. The minimum atomic E-state index is 0.614.